The normalized spacial score (nSPS) is 15.5. The minimum absolute atomic E-state index is 0.0689. The molecule has 7 heteroatoms. The maximum absolute atomic E-state index is 12.3. The molecule has 0 saturated heterocycles. The lowest BCUT2D eigenvalue weighted by Gasteiger charge is -2.28. The van der Waals surface area contributed by atoms with E-state index in [0.29, 0.717) is 23.2 Å². The zero-order valence-electron chi connectivity index (χ0n) is 16.1. The van der Waals surface area contributed by atoms with Crippen LogP contribution in [0.5, 0.6) is 5.88 Å². The van der Waals surface area contributed by atoms with E-state index in [4.69, 9.17) is 4.74 Å². The van der Waals surface area contributed by atoms with E-state index in [0.717, 1.165) is 23.4 Å². The third-order valence-corrected chi connectivity index (χ3v) is 5.43. The molecular formula is C20H26N4O2S. The van der Waals surface area contributed by atoms with Crippen LogP contribution in [0.2, 0.25) is 0 Å². The predicted octanol–water partition coefficient (Wildman–Crippen LogP) is 4.69. The Balaban J connectivity index is 1.91. The fourth-order valence-electron chi connectivity index (χ4n) is 3.16. The van der Waals surface area contributed by atoms with Gasteiger partial charge < -0.3 is 4.74 Å². The molecule has 27 heavy (non-hydrogen) atoms. The molecule has 0 bridgehead atoms. The van der Waals surface area contributed by atoms with Crippen LogP contribution >= 0.6 is 11.8 Å². The first kappa shape index (κ1) is 19.6. The second-order valence-corrected chi connectivity index (χ2v) is 7.61. The third-order valence-electron chi connectivity index (χ3n) is 4.51. The molecule has 1 unspecified atom stereocenters. The number of nitrogens with zero attached hydrogens (tertiary/aromatic N) is 4. The Morgan fingerprint density at radius 3 is 2.74 bits per heavy atom. The van der Waals surface area contributed by atoms with E-state index in [1.54, 1.807) is 23.6 Å². The number of rotatable bonds is 7. The molecule has 0 N–H and O–H groups in total. The second-order valence-electron chi connectivity index (χ2n) is 6.54. The quantitative estimate of drug-likeness (QED) is 0.508. The predicted molar refractivity (Wildman–Crippen MR) is 108 cm³/mol. The number of hydrogen-bond donors (Lipinski definition) is 0. The van der Waals surface area contributed by atoms with Gasteiger partial charge in [-0.3, -0.25) is 9.69 Å². The molecule has 0 spiro atoms. The van der Waals surface area contributed by atoms with Crippen LogP contribution in [-0.4, -0.2) is 33.1 Å². The van der Waals surface area contributed by atoms with Crippen LogP contribution in [0.15, 0.2) is 29.4 Å². The molecule has 1 aromatic heterocycles. The summed E-state index contributed by atoms with van der Waals surface area (Å²) >= 11 is 1.60. The number of ether oxygens (including phenoxy) is 1. The average molecular weight is 387 g/mol. The van der Waals surface area contributed by atoms with Crippen molar-refractivity contribution in [3.05, 3.63) is 24.3 Å². The molecule has 2 aromatic rings. The number of carbonyl (C=O) groups is 1. The third kappa shape index (κ3) is 4.40. The number of para-hydroxylation sites is 1. The first-order valence-electron chi connectivity index (χ1n) is 9.59. The Kier molecular flexibility index (Phi) is 6.66. The molecule has 1 aliphatic heterocycles. The number of benzene rings is 1. The summed E-state index contributed by atoms with van der Waals surface area (Å²) in [7, 11) is 0. The number of thioether (sulfide) groups is 1. The van der Waals surface area contributed by atoms with E-state index in [9.17, 15) is 4.79 Å². The summed E-state index contributed by atoms with van der Waals surface area (Å²) in [6.07, 6.45) is 5.07. The molecule has 3 rings (SSSR count). The minimum atomic E-state index is -0.413. The molecule has 0 radical (unpaired) electrons. The standard InChI is InChI=1S/C20H26N4O2S/c1-4-6-7-10-13-27-20-21-19-18(22-23-20)15-11-8-9-12-16(15)24(14(3)25)17(5-2)26-19/h8-9,11-12,17H,4-7,10,13H2,1-3H3. The van der Waals surface area contributed by atoms with E-state index in [1.807, 2.05) is 31.2 Å². The summed E-state index contributed by atoms with van der Waals surface area (Å²) in [4.78, 5) is 18.6. The maximum atomic E-state index is 12.3. The molecule has 0 fully saturated rings. The average Bonchev–Trinajstić information content (AvgIpc) is 2.81. The highest BCUT2D eigenvalue weighted by Gasteiger charge is 2.32. The smallest absolute Gasteiger partial charge is 0.247 e. The second kappa shape index (κ2) is 9.17. The van der Waals surface area contributed by atoms with Gasteiger partial charge >= 0.3 is 0 Å². The fourth-order valence-corrected chi connectivity index (χ4v) is 3.94. The summed E-state index contributed by atoms with van der Waals surface area (Å²) < 4.78 is 6.13. The zero-order chi connectivity index (χ0) is 19.2. The first-order chi connectivity index (χ1) is 13.2. The van der Waals surface area contributed by atoms with Crippen LogP contribution in [-0.2, 0) is 4.79 Å². The van der Waals surface area contributed by atoms with E-state index in [-0.39, 0.29) is 5.91 Å². The molecular weight excluding hydrogens is 360 g/mol. The van der Waals surface area contributed by atoms with Crippen LogP contribution in [0.25, 0.3) is 11.3 Å². The van der Waals surface area contributed by atoms with Crippen molar-refractivity contribution in [2.24, 2.45) is 0 Å². The summed E-state index contributed by atoms with van der Waals surface area (Å²) in [6.45, 7) is 5.75. The highest BCUT2D eigenvalue weighted by Crippen LogP contribution is 2.39. The van der Waals surface area contributed by atoms with Gasteiger partial charge in [0.1, 0.15) is 0 Å². The first-order valence-corrected chi connectivity index (χ1v) is 10.6. The van der Waals surface area contributed by atoms with Gasteiger partial charge in [-0.05, 0) is 12.5 Å². The van der Waals surface area contributed by atoms with Crippen LogP contribution in [0, 0.1) is 0 Å². The summed E-state index contributed by atoms with van der Waals surface area (Å²) in [5.41, 5.74) is 2.19. The highest BCUT2D eigenvalue weighted by atomic mass is 32.2. The van der Waals surface area contributed by atoms with Crippen molar-refractivity contribution < 1.29 is 9.53 Å². The highest BCUT2D eigenvalue weighted by molar-refractivity contribution is 7.99. The summed E-state index contributed by atoms with van der Waals surface area (Å²) in [6, 6.07) is 7.68. The van der Waals surface area contributed by atoms with E-state index >= 15 is 0 Å². The van der Waals surface area contributed by atoms with E-state index < -0.39 is 6.23 Å². The number of fused-ring (bicyclic) bond motifs is 3. The number of anilines is 1. The fraction of sp³-hybridized carbons (Fsp3) is 0.500. The largest absolute Gasteiger partial charge is 0.451 e. The van der Waals surface area contributed by atoms with Gasteiger partial charge in [-0.2, -0.15) is 4.98 Å². The lowest BCUT2D eigenvalue weighted by molar-refractivity contribution is -0.118. The lowest BCUT2D eigenvalue weighted by atomic mass is 10.1. The van der Waals surface area contributed by atoms with Crippen molar-refractivity contribution in [1.82, 2.24) is 15.2 Å². The topological polar surface area (TPSA) is 68.2 Å². The van der Waals surface area contributed by atoms with E-state index in [2.05, 4.69) is 22.1 Å². The number of carbonyl (C=O) groups excluding carboxylic acids is 1. The van der Waals surface area contributed by atoms with Crippen molar-refractivity contribution in [2.45, 2.75) is 64.3 Å². The Morgan fingerprint density at radius 2 is 2.00 bits per heavy atom. The van der Waals surface area contributed by atoms with Gasteiger partial charge in [0.05, 0.1) is 5.69 Å². The van der Waals surface area contributed by atoms with Crippen LogP contribution < -0.4 is 9.64 Å². The Bertz CT molecular complexity index is 799. The van der Waals surface area contributed by atoms with Crippen LogP contribution in [0.4, 0.5) is 5.69 Å². The molecule has 0 aliphatic carbocycles. The van der Waals surface area contributed by atoms with Crippen LogP contribution in [0.1, 0.15) is 52.9 Å². The number of amides is 1. The number of aromatic nitrogens is 3. The maximum Gasteiger partial charge on any atom is 0.247 e. The van der Waals surface area contributed by atoms with Gasteiger partial charge in [0.25, 0.3) is 0 Å². The van der Waals surface area contributed by atoms with Crippen molar-refractivity contribution in [2.75, 3.05) is 10.7 Å². The number of unbranched alkanes of at least 4 members (excludes halogenated alkanes) is 3. The van der Waals surface area contributed by atoms with Gasteiger partial charge in [-0.25, -0.2) is 0 Å². The van der Waals surface area contributed by atoms with Gasteiger partial charge in [0.2, 0.25) is 16.9 Å². The monoisotopic (exact) mass is 386 g/mol. The molecule has 1 aromatic carbocycles. The SMILES string of the molecule is CCCCCCSc1nnc2c(n1)OC(CC)N(C(C)=O)c1ccccc1-2. The molecule has 1 atom stereocenters. The van der Waals surface area contributed by atoms with Crippen molar-refractivity contribution in [3.8, 4) is 17.1 Å². The molecule has 1 amide bonds. The van der Waals surface area contributed by atoms with Crippen molar-refractivity contribution in [3.63, 3.8) is 0 Å². The van der Waals surface area contributed by atoms with Crippen molar-refractivity contribution in [1.29, 1.82) is 0 Å². The van der Waals surface area contributed by atoms with Gasteiger partial charge in [0.15, 0.2) is 11.9 Å². The number of hydrogen-bond acceptors (Lipinski definition) is 6. The van der Waals surface area contributed by atoms with Gasteiger partial charge in [-0.1, -0.05) is 63.1 Å². The molecule has 6 nitrogen and oxygen atoms in total. The van der Waals surface area contributed by atoms with Gasteiger partial charge in [0, 0.05) is 24.7 Å². The molecule has 144 valence electrons. The van der Waals surface area contributed by atoms with Crippen molar-refractivity contribution >= 4 is 23.4 Å². The van der Waals surface area contributed by atoms with Crippen LogP contribution in [0.3, 0.4) is 0 Å². The summed E-state index contributed by atoms with van der Waals surface area (Å²) in [5.74, 6) is 1.35. The summed E-state index contributed by atoms with van der Waals surface area (Å²) in [5, 5.41) is 9.31. The minimum Gasteiger partial charge on any atom is -0.451 e. The molecule has 0 saturated carbocycles. The Labute approximate surface area is 164 Å². The van der Waals surface area contributed by atoms with E-state index in [1.165, 1.54) is 19.3 Å². The Hall–Kier alpha value is -2.15. The van der Waals surface area contributed by atoms with Gasteiger partial charge in [-0.15, -0.1) is 10.2 Å². The zero-order valence-corrected chi connectivity index (χ0v) is 17.0. The molecule has 1 aliphatic rings. The lowest BCUT2D eigenvalue weighted by Crippen LogP contribution is -2.42. The molecule has 2 heterocycles. The Morgan fingerprint density at radius 1 is 1.19 bits per heavy atom.